The number of alkyl halides is 2. The third-order valence-electron chi connectivity index (χ3n) is 4.19. The van der Waals surface area contributed by atoms with E-state index in [1.54, 1.807) is 9.80 Å². The number of rotatable bonds is 2. The van der Waals surface area contributed by atoms with Crippen LogP contribution in [0.5, 0.6) is 0 Å². The highest BCUT2D eigenvalue weighted by atomic mass is 79.9. The molecule has 0 spiro atoms. The van der Waals surface area contributed by atoms with Crippen molar-refractivity contribution in [1.29, 1.82) is 0 Å². The standard InChI is InChI=1S/C13H18Br2N2O3/c1-12-5-16(9(18)3-14)7-13(2,11(12)20)8-17(6-12)10(19)4-15/h3-8H2,1-2H3. The molecule has 7 heteroatoms. The lowest BCUT2D eigenvalue weighted by molar-refractivity contribution is -0.165. The van der Waals surface area contributed by atoms with Gasteiger partial charge in [0, 0.05) is 26.2 Å². The van der Waals surface area contributed by atoms with Crippen LogP contribution in [0.4, 0.5) is 0 Å². The van der Waals surface area contributed by atoms with E-state index >= 15 is 0 Å². The molecule has 2 fully saturated rings. The molecular weight excluding hydrogens is 392 g/mol. The Hall–Kier alpha value is -0.430. The second-order valence-corrected chi connectivity index (χ2v) is 7.34. The number of hydrogen-bond donors (Lipinski definition) is 0. The van der Waals surface area contributed by atoms with Gasteiger partial charge in [0.25, 0.3) is 0 Å². The van der Waals surface area contributed by atoms with Crippen molar-refractivity contribution in [2.75, 3.05) is 36.8 Å². The number of fused-ring (bicyclic) bond motifs is 2. The van der Waals surface area contributed by atoms with Crippen LogP contribution < -0.4 is 0 Å². The smallest absolute Gasteiger partial charge is 0.233 e. The quantitative estimate of drug-likeness (QED) is 0.640. The molecule has 2 rings (SSSR count). The van der Waals surface area contributed by atoms with Crippen molar-refractivity contribution in [3.8, 4) is 0 Å². The number of carbonyl (C=O) groups excluding carboxylic acids is 3. The van der Waals surface area contributed by atoms with Gasteiger partial charge >= 0.3 is 0 Å². The molecule has 2 bridgehead atoms. The normalized spacial score (nSPS) is 33.3. The summed E-state index contributed by atoms with van der Waals surface area (Å²) in [5, 5.41) is 0.523. The zero-order chi connectivity index (χ0) is 15.1. The largest absolute Gasteiger partial charge is 0.340 e. The molecule has 0 atom stereocenters. The van der Waals surface area contributed by atoms with Crippen molar-refractivity contribution in [3.05, 3.63) is 0 Å². The molecule has 0 aromatic rings. The van der Waals surface area contributed by atoms with E-state index in [1.807, 2.05) is 13.8 Å². The van der Waals surface area contributed by atoms with Crippen molar-refractivity contribution in [2.45, 2.75) is 13.8 Å². The number of amides is 2. The first kappa shape index (κ1) is 15.9. The van der Waals surface area contributed by atoms with Gasteiger partial charge in [-0.1, -0.05) is 31.9 Å². The molecule has 0 aromatic carbocycles. The van der Waals surface area contributed by atoms with Gasteiger partial charge in [-0.05, 0) is 13.8 Å². The maximum absolute atomic E-state index is 12.7. The first-order chi connectivity index (χ1) is 9.25. The molecule has 2 heterocycles. The Balaban J connectivity index is 2.31. The molecule has 0 unspecified atom stereocenters. The van der Waals surface area contributed by atoms with Crippen LogP contribution in [0.1, 0.15) is 13.8 Å². The zero-order valence-electron chi connectivity index (χ0n) is 11.6. The molecular formula is C13H18Br2N2O3. The molecule has 0 N–H and O–H groups in total. The van der Waals surface area contributed by atoms with Gasteiger partial charge in [-0.3, -0.25) is 14.4 Å². The Morgan fingerprint density at radius 2 is 1.25 bits per heavy atom. The Labute approximate surface area is 135 Å². The molecule has 20 heavy (non-hydrogen) atoms. The molecule has 5 nitrogen and oxygen atoms in total. The molecule has 0 saturated carbocycles. The van der Waals surface area contributed by atoms with Crippen molar-refractivity contribution in [1.82, 2.24) is 9.80 Å². The van der Waals surface area contributed by atoms with E-state index in [0.29, 0.717) is 26.2 Å². The number of ketones is 1. The number of nitrogens with zero attached hydrogens (tertiary/aromatic N) is 2. The first-order valence-corrected chi connectivity index (χ1v) is 8.72. The second-order valence-electron chi connectivity index (χ2n) is 6.22. The number of halogens is 2. The molecule has 0 radical (unpaired) electrons. The summed E-state index contributed by atoms with van der Waals surface area (Å²) in [6.45, 7) is 5.26. The van der Waals surface area contributed by atoms with Gasteiger partial charge < -0.3 is 9.80 Å². The fourth-order valence-electron chi connectivity index (χ4n) is 3.43. The summed E-state index contributed by atoms with van der Waals surface area (Å²) in [6, 6.07) is 0. The Morgan fingerprint density at radius 1 is 0.950 bits per heavy atom. The van der Waals surface area contributed by atoms with E-state index < -0.39 is 10.8 Å². The number of piperidine rings is 2. The first-order valence-electron chi connectivity index (χ1n) is 6.48. The molecule has 2 saturated heterocycles. The topological polar surface area (TPSA) is 57.7 Å². The molecule has 2 aliphatic heterocycles. The van der Waals surface area contributed by atoms with Gasteiger partial charge in [-0.25, -0.2) is 0 Å². The number of Topliss-reactive ketones (excluding diaryl/α,β-unsaturated/α-hetero) is 1. The lowest BCUT2D eigenvalue weighted by atomic mass is 9.64. The van der Waals surface area contributed by atoms with Crippen LogP contribution >= 0.6 is 31.9 Å². The lowest BCUT2D eigenvalue weighted by Gasteiger charge is -2.55. The molecule has 112 valence electrons. The minimum Gasteiger partial charge on any atom is -0.340 e. The highest BCUT2D eigenvalue weighted by Gasteiger charge is 2.57. The average Bonchev–Trinajstić information content (AvgIpc) is 2.40. The number of hydrogen-bond acceptors (Lipinski definition) is 3. The fourth-order valence-corrected chi connectivity index (χ4v) is 4.14. The second kappa shape index (κ2) is 5.40. The average molecular weight is 410 g/mol. The van der Waals surface area contributed by atoms with Crippen LogP contribution in [-0.4, -0.2) is 64.2 Å². The van der Waals surface area contributed by atoms with E-state index in [2.05, 4.69) is 31.9 Å². The van der Waals surface area contributed by atoms with E-state index in [1.165, 1.54) is 0 Å². The van der Waals surface area contributed by atoms with Crippen molar-refractivity contribution in [2.24, 2.45) is 10.8 Å². The van der Waals surface area contributed by atoms with Crippen LogP contribution in [0, 0.1) is 10.8 Å². The monoisotopic (exact) mass is 408 g/mol. The van der Waals surface area contributed by atoms with Gasteiger partial charge in [0.05, 0.1) is 21.5 Å². The van der Waals surface area contributed by atoms with E-state index in [-0.39, 0.29) is 28.3 Å². The van der Waals surface area contributed by atoms with Crippen molar-refractivity contribution >= 4 is 49.5 Å². The van der Waals surface area contributed by atoms with E-state index in [9.17, 15) is 14.4 Å². The summed E-state index contributed by atoms with van der Waals surface area (Å²) in [4.78, 5) is 40.0. The van der Waals surface area contributed by atoms with Crippen molar-refractivity contribution < 1.29 is 14.4 Å². The number of likely N-dealkylation sites (tertiary alicyclic amines) is 2. The predicted octanol–water partition coefficient (Wildman–Crippen LogP) is 1.04. The van der Waals surface area contributed by atoms with Crippen LogP contribution in [-0.2, 0) is 14.4 Å². The maximum Gasteiger partial charge on any atom is 0.233 e. The van der Waals surface area contributed by atoms with Crippen LogP contribution in [0.25, 0.3) is 0 Å². The molecule has 2 amide bonds. The van der Waals surface area contributed by atoms with Crippen LogP contribution in [0.3, 0.4) is 0 Å². The Kier molecular flexibility index (Phi) is 4.31. The van der Waals surface area contributed by atoms with Crippen LogP contribution in [0.2, 0.25) is 0 Å². The third kappa shape index (κ3) is 2.54. The van der Waals surface area contributed by atoms with Gasteiger partial charge in [0.15, 0.2) is 5.78 Å². The number of carbonyl (C=O) groups is 3. The Bertz CT molecular complexity index is 415. The minimum absolute atomic E-state index is 0.00443. The van der Waals surface area contributed by atoms with E-state index in [0.717, 1.165) is 0 Å². The SMILES string of the molecule is CC12CN(C(=O)CBr)CC(C)(CN(C(=O)CBr)C1)C2=O. The molecule has 0 aliphatic carbocycles. The summed E-state index contributed by atoms with van der Waals surface area (Å²) in [6.07, 6.45) is 0. The highest BCUT2D eigenvalue weighted by Crippen LogP contribution is 2.42. The summed E-state index contributed by atoms with van der Waals surface area (Å²) >= 11 is 6.36. The third-order valence-corrected chi connectivity index (χ3v) is 5.15. The summed E-state index contributed by atoms with van der Waals surface area (Å²) in [7, 11) is 0. The molecule has 2 aliphatic rings. The summed E-state index contributed by atoms with van der Waals surface area (Å²) in [5.41, 5.74) is -1.33. The summed E-state index contributed by atoms with van der Waals surface area (Å²) < 4.78 is 0. The van der Waals surface area contributed by atoms with Gasteiger partial charge in [0.1, 0.15) is 0 Å². The van der Waals surface area contributed by atoms with Gasteiger partial charge in [0.2, 0.25) is 11.8 Å². The van der Waals surface area contributed by atoms with Crippen LogP contribution in [0.15, 0.2) is 0 Å². The highest BCUT2D eigenvalue weighted by molar-refractivity contribution is 9.09. The van der Waals surface area contributed by atoms with Gasteiger partial charge in [-0.15, -0.1) is 0 Å². The maximum atomic E-state index is 12.7. The van der Waals surface area contributed by atoms with Gasteiger partial charge in [-0.2, -0.15) is 0 Å². The Morgan fingerprint density at radius 3 is 1.50 bits per heavy atom. The predicted molar refractivity (Wildman–Crippen MR) is 82.0 cm³/mol. The minimum atomic E-state index is -0.666. The fraction of sp³-hybridized carbons (Fsp3) is 0.769. The zero-order valence-corrected chi connectivity index (χ0v) is 14.8. The summed E-state index contributed by atoms with van der Waals surface area (Å²) in [5.74, 6) is 0.160. The lowest BCUT2D eigenvalue weighted by Crippen LogP contribution is -2.69. The van der Waals surface area contributed by atoms with E-state index in [4.69, 9.17) is 0 Å². The van der Waals surface area contributed by atoms with Crippen molar-refractivity contribution in [3.63, 3.8) is 0 Å². The molecule has 0 aromatic heterocycles.